The van der Waals surface area contributed by atoms with Crippen LogP contribution in [-0.4, -0.2) is 15.2 Å². The van der Waals surface area contributed by atoms with Gasteiger partial charge in [-0.15, -0.1) is 0 Å². The zero-order valence-electron chi connectivity index (χ0n) is 7.56. The van der Waals surface area contributed by atoms with Crippen LogP contribution in [0.2, 0.25) is 0 Å². The Balaban J connectivity index is 2.73. The second-order valence-electron chi connectivity index (χ2n) is 2.96. The van der Waals surface area contributed by atoms with Gasteiger partial charge in [-0.1, -0.05) is 0 Å². The fourth-order valence-corrected chi connectivity index (χ4v) is 1.31. The second kappa shape index (κ2) is 2.96. The summed E-state index contributed by atoms with van der Waals surface area (Å²) < 4.78 is 1.67. The summed E-state index contributed by atoms with van der Waals surface area (Å²) in [5.41, 5.74) is 1.69. The Bertz CT molecular complexity index is 548. The van der Waals surface area contributed by atoms with Gasteiger partial charge >= 0.3 is 0 Å². The molecule has 0 saturated heterocycles. The number of ketones is 1. The van der Waals surface area contributed by atoms with Gasteiger partial charge in [0.25, 0.3) is 0 Å². The number of nitriles is 1. The van der Waals surface area contributed by atoms with Gasteiger partial charge in [0.05, 0.1) is 17.8 Å². The van der Waals surface area contributed by atoms with Crippen molar-refractivity contribution in [1.82, 2.24) is 9.38 Å². The Hall–Kier alpha value is -2.15. The van der Waals surface area contributed by atoms with Crippen LogP contribution in [0, 0.1) is 11.3 Å². The zero-order valence-corrected chi connectivity index (χ0v) is 7.56. The lowest BCUT2D eigenvalue weighted by Gasteiger charge is -1.96. The van der Waals surface area contributed by atoms with E-state index in [1.807, 2.05) is 6.07 Å². The first-order valence-electron chi connectivity index (χ1n) is 4.10. The van der Waals surface area contributed by atoms with Crippen molar-refractivity contribution in [3.05, 3.63) is 35.8 Å². The molecule has 0 aliphatic carbocycles. The molecule has 0 atom stereocenters. The molecule has 2 aromatic heterocycles. The number of pyridine rings is 1. The molecule has 0 fully saturated rings. The zero-order chi connectivity index (χ0) is 10.1. The molecule has 68 valence electrons. The van der Waals surface area contributed by atoms with Crippen LogP contribution in [0.3, 0.4) is 0 Å². The molecule has 0 unspecified atom stereocenters. The molecule has 0 bridgehead atoms. The molecule has 4 heteroatoms. The molecule has 4 nitrogen and oxygen atoms in total. The molecule has 0 N–H and O–H groups in total. The topological polar surface area (TPSA) is 58.2 Å². The van der Waals surface area contributed by atoms with E-state index in [0.717, 1.165) is 0 Å². The highest BCUT2D eigenvalue weighted by Gasteiger charge is 2.06. The predicted molar refractivity (Wildman–Crippen MR) is 49.9 cm³/mol. The summed E-state index contributed by atoms with van der Waals surface area (Å²) in [5.74, 6) is -0.0396. The maximum Gasteiger partial charge on any atom is 0.178 e. The first-order valence-corrected chi connectivity index (χ1v) is 4.10. The smallest absolute Gasteiger partial charge is 0.178 e. The maximum absolute atomic E-state index is 11.1. The summed E-state index contributed by atoms with van der Waals surface area (Å²) >= 11 is 0. The molecule has 0 aromatic carbocycles. The van der Waals surface area contributed by atoms with Gasteiger partial charge in [0.1, 0.15) is 11.3 Å². The first kappa shape index (κ1) is 8.45. The van der Waals surface area contributed by atoms with Crippen LogP contribution >= 0.6 is 0 Å². The number of hydrogen-bond donors (Lipinski definition) is 0. The van der Waals surface area contributed by atoms with E-state index in [4.69, 9.17) is 5.26 Å². The van der Waals surface area contributed by atoms with Crippen LogP contribution < -0.4 is 0 Å². The first-order chi connectivity index (χ1) is 6.72. The van der Waals surface area contributed by atoms with E-state index in [-0.39, 0.29) is 5.78 Å². The summed E-state index contributed by atoms with van der Waals surface area (Å²) in [6.07, 6.45) is 3.19. The molecule has 0 spiro atoms. The van der Waals surface area contributed by atoms with Gasteiger partial charge in [-0.25, -0.2) is 4.98 Å². The van der Waals surface area contributed by atoms with Gasteiger partial charge < -0.3 is 0 Å². The third-order valence-electron chi connectivity index (χ3n) is 2.00. The van der Waals surface area contributed by atoms with Crippen molar-refractivity contribution in [2.45, 2.75) is 6.92 Å². The Morgan fingerprint density at radius 2 is 2.43 bits per heavy atom. The number of nitrogens with zero attached hydrogens (tertiary/aromatic N) is 3. The molecule has 2 heterocycles. The van der Waals surface area contributed by atoms with E-state index < -0.39 is 0 Å². The molecule has 14 heavy (non-hydrogen) atoms. The second-order valence-corrected chi connectivity index (χ2v) is 2.96. The number of Topliss-reactive ketones (excluding diaryl/α,β-unsaturated/α-hetero) is 1. The number of aromatic nitrogens is 2. The van der Waals surface area contributed by atoms with Crippen LogP contribution in [0.25, 0.3) is 5.65 Å². The largest absolute Gasteiger partial charge is 0.297 e. The average molecular weight is 185 g/mol. The number of imidazole rings is 1. The molecule has 0 aliphatic rings. The van der Waals surface area contributed by atoms with Gasteiger partial charge in [0, 0.05) is 13.1 Å². The van der Waals surface area contributed by atoms with E-state index in [1.54, 1.807) is 22.7 Å². The van der Waals surface area contributed by atoms with Crippen LogP contribution in [0.15, 0.2) is 24.5 Å². The highest BCUT2D eigenvalue weighted by atomic mass is 16.1. The number of carbonyl (C=O) groups excluding carboxylic acids is 1. The molecule has 2 rings (SSSR count). The normalized spacial score (nSPS) is 10.0. The van der Waals surface area contributed by atoms with Crippen molar-refractivity contribution in [3.63, 3.8) is 0 Å². The Labute approximate surface area is 80.4 Å². The quantitative estimate of drug-likeness (QED) is 0.631. The lowest BCUT2D eigenvalue weighted by atomic mass is 10.3. The summed E-state index contributed by atoms with van der Waals surface area (Å²) in [7, 11) is 0. The highest BCUT2D eigenvalue weighted by Crippen LogP contribution is 2.09. The van der Waals surface area contributed by atoms with Crippen LogP contribution in [0.5, 0.6) is 0 Å². The fourth-order valence-electron chi connectivity index (χ4n) is 1.31. The minimum absolute atomic E-state index is 0.0396. The van der Waals surface area contributed by atoms with Crippen molar-refractivity contribution >= 4 is 11.4 Å². The van der Waals surface area contributed by atoms with Gasteiger partial charge in [0.2, 0.25) is 0 Å². The van der Waals surface area contributed by atoms with E-state index in [0.29, 0.717) is 16.9 Å². The van der Waals surface area contributed by atoms with Crippen LogP contribution in [0.1, 0.15) is 23.0 Å². The molecular weight excluding hydrogens is 178 g/mol. The van der Waals surface area contributed by atoms with Gasteiger partial charge in [0.15, 0.2) is 5.78 Å². The SMILES string of the molecule is CC(=O)c1cnc2cc(C#N)ccn12. The van der Waals surface area contributed by atoms with Crippen LogP contribution in [0.4, 0.5) is 0 Å². The van der Waals surface area contributed by atoms with E-state index in [9.17, 15) is 4.79 Å². The Morgan fingerprint density at radius 3 is 3.07 bits per heavy atom. The predicted octanol–water partition coefficient (Wildman–Crippen LogP) is 1.41. The third-order valence-corrected chi connectivity index (χ3v) is 2.00. The summed E-state index contributed by atoms with van der Waals surface area (Å²) in [6, 6.07) is 5.32. The minimum atomic E-state index is -0.0396. The molecule has 0 aliphatic heterocycles. The monoisotopic (exact) mass is 185 g/mol. The number of fused-ring (bicyclic) bond motifs is 1. The highest BCUT2D eigenvalue weighted by molar-refractivity contribution is 5.93. The summed E-state index contributed by atoms with van der Waals surface area (Å²) in [4.78, 5) is 15.2. The van der Waals surface area contributed by atoms with Gasteiger partial charge in [-0.3, -0.25) is 9.20 Å². The van der Waals surface area contributed by atoms with Crippen molar-refractivity contribution < 1.29 is 4.79 Å². The maximum atomic E-state index is 11.1. The van der Waals surface area contributed by atoms with Gasteiger partial charge in [-0.2, -0.15) is 5.26 Å². The molecular formula is C10H7N3O. The van der Waals surface area contributed by atoms with Crippen molar-refractivity contribution in [3.8, 4) is 6.07 Å². The van der Waals surface area contributed by atoms with E-state index >= 15 is 0 Å². The Kier molecular flexibility index (Phi) is 1.79. The van der Waals surface area contributed by atoms with Crippen LogP contribution in [-0.2, 0) is 0 Å². The van der Waals surface area contributed by atoms with E-state index in [2.05, 4.69) is 4.98 Å². The van der Waals surface area contributed by atoms with Crippen molar-refractivity contribution in [2.24, 2.45) is 0 Å². The Morgan fingerprint density at radius 1 is 1.64 bits per heavy atom. The third kappa shape index (κ3) is 1.15. The van der Waals surface area contributed by atoms with Gasteiger partial charge in [-0.05, 0) is 12.1 Å². The standard InChI is InChI=1S/C10H7N3O/c1-7(14)9-6-12-10-4-8(5-11)2-3-13(9)10/h2-4,6H,1H3. The summed E-state index contributed by atoms with van der Waals surface area (Å²) in [5, 5.41) is 8.66. The fraction of sp³-hybridized carbons (Fsp3) is 0.100. The minimum Gasteiger partial charge on any atom is -0.297 e. The van der Waals surface area contributed by atoms with E-state index in [1.165, 1.54) is 13.1 Å². The van der Waals surface area contributed by atoms with Crippen molar-refractivity contribution in [2.75, 3.05) is 0 Å². The number of carbonyl (C=O) groups is 1. The molecule has 0 saturated carbocycles. The molecule has 2 aromatic rings. The summed E-state index contributed by atoms with van der Waals surface area (Å²) in [6.45, 7) is 1.49. The van der Waals surface area contributed by atoms with Crippen molar-refractivity contribution in [1.29, 1.82) is 5.26 Å². The molecule has 0 amide bonds. The average Bonchev–Trinajstić information content (AvgIpc) is 2.59. The lowest BCUT2D eigenvalue weighted by Crippen LogP contribution is -1.97. The molecule has 0 radical (unpaired) electrons. The lowest BCUT2D eigenvalue weighted by molar-refractivity contribution is 0.101. The number of rotatable bonds is 1. The number of hydrogen-bond acceptors (Lipinski definition) is 3.